The van der Waals surface area contributed by atoms with Crippen molar-refractivity contribution in [3.63, 3.8) is 0 Å². The molecule has 150 valence electrons. The summed E-state index contributed by atoms with van der Waals surface area (Å²) in [5.74, 6) is -0.894. The van der Waals surface area contributed by atoms with Gasteiger partial charge >= 0.3 is 5.97 Å². The molecular weight excluding hydrogens is 378 g/mol. The number of nitrogens with zero attached hydrogens (tertiary/aromatic N) is 2. The third kappa shape index (κ3) is 3.92. The number of carbonyl (C=O) groups is 1. The summed E-state index contributed by atoms with van der Waals surface area (Å²) < 4.78 is 1.34. The van der Waals surface area contributed by atoms with Crippen LogP contribution < -0.4 is 10.9 Å². The maximum absolute atomic E-state index is 13.0. The summed E-state index contributed by atoms with van der Waals surface area (Å²) in [6, 6.07) is 9.18. The zero-order chi connectivity index (χ0) is 20.3. The molecule has 0 fully saturated rings. The molecule has 28 heavy (non-hydrogen) atoms. The van der Waals surface area contributed by atoms with Gasteiger partial charge in [0.1, 0.15) is 6.04 Å². The summed E-state index contributed by atoms with van der Waals surface area (Å²) in [4.78, 5) is 29.1. The van der Waals surface area contributed by atoms with Crippen molar-refractivity contribution >= 4 is 23.4 Å². The molecule has 0 radical (unpaired) electrons. The Morgan fingerprint density at radius 3 is 2.75 bits per heavy atom. The van der Waals surface area contributed by atoms with Crippen LogP contribution in [0.3, 0.4) is 0 Å². The van der Waals surface area contributed by atoms with Crippen LogP contribution in [-0.2, 0) is 16.6 Å². The quantitative estimate of drug-likeness (QED) is 0.650. The van der Waals surface area contributed by atoms with Crippen molar-refractivity contribution in [3.05, 3.63) is 57.1 Å². The summed E-state index contributed by atoms with van der Waals surface area (Å²) in [5.41, 5.74) is 0.893. The molecule has 2 aromatic rings. The average Bonchev–Trinajstić information content (AvgIpc) is 2.98. The molecule has 1 aromatic heterocycles. The first-order valence-corrected chi connectivity index (χ1v) is 10.1. The molecule has 2 atom stereocenters. The van der Waals surface area contributed by atoms with Gasteiger partial charge in [0, 0.05) is 12.0 Å². The van der Waals surface area contributed by atoms with Crippen LogP contribution in [0.1, 0.15) is 56.8 Å². The second-order valence-corrected chi connectivity index (χ2v) is 8.02. The van der Waals surface area contributed by atoms with Crippen LogP contribution in [0.5, 0.6) is 0 Å². The Kier molecular flexibility index (Phi) is 6.08. The van der Waals surface area contributed by atoms with Crippen molar-refractivity contribution in [2.45, 2.75) is 57.4 Å². The molecule has 6 nitrogen and oxygen atoms in total. The van der Waals surface area contributed by atoms with Crippen molar-refractivity contribution in [2.24, 2.45) is 0 Å². The Morgan fingerprint density at radius 1 is 1.39 bits per heavy atom. The van der Waals surface area contributed by atoms with Gasteiger partial charge in [0.15, 0.2) is 11.0 Å². The van der Waals surface area contributed by atoms with Gasteiger partial charge in [-0.15, -0.1) is 0 Å². The first-order valence-electron chi connectivity index (χ1n) is 9.70. The Labute approximate surface area is 169 Å². The van der Waals surface area contributed by atoms with Crippen LogP contribution in [-0.4, -0.2) is 27.2 Å². The molecule has 3 rings (SSSR count). The smallest absolute Gasteiger partial charge is 0.326 e. The molecule has 1 aliphatic heterocycles. The van der Waals surface area contributed by atoms with Gasteiger partial charge < -0.3 is 10.4 Å². The summed E-state index contributed by atoms with van der Waals surface area (Å²) in [7, 11) is 0. The topological polar surface area (TPSA) is 84.2 Å². The van der Waals surface area contributed by atoms with E-state index in [0.717, 1.165) is 25.7 Å². The maximum atomic E-state index is 13.0. The summed E-state index contributed by atoms with van der Waals surface area (Å²) >= 11 is 6.44. The molecule has 2 heterocycles. The van der Waals surface area contributed by atoms with Gasteiger partial charge in [-0.25, -0.2) is 9.78 Å². The van der Waals surface area contributed by atoms with E-state index >= 15 is 0 Å². The number of carboxylic acid groups (broad SMARTS) is 1. The van der Waals surface area contributed by atoms with Crippen LogP contribution in [0.15, 0.2) is 35.1 Å². The van der Waals surface area contributed by atoms with Crippen LogP contribution in [0, 0.1) is 0 Å². The molecule has 0 spiro atoms. The molecule has 7 heteroatoms. The van der Waals surface area contributed by atoms with E-state index in [1.165, 1.54) is 10.1 Å². The number of anilines is 1. The van der Waals surface area contributed by atoms with E-state index < -0.39 is 23.0 Å². The predicted octanol–water partition coefficient (Wildman–Crippen LogP) is 4.03. The van der Waals surface area contributed by atoms with Crippen molar-refractivity contribution in [3.8, 4) is 0 Å². The van der Waals surface area contributed by atoms with E-state index in [4.69, 9.17) is 11.6 Å². The average molecular weight is 404 g/mol. The summed E-state index contributed by atoms with van der Waals surface area (Å²) in [5, 5.41) is 12.9. The highest BCUT2D eigenvalue weighted by atomic mass is 35.5. The largest absolute Gasteiger partial charge is 0.480 e. The van der Waals surface area contributed by atoms with E-state index in [1.54, 1.807) is 0 Å². The highest BCUT2D eigenvalue weighted by Crippen LogP contribution is 2.45. The summed E-state index contributed by atoms with van der Waals surface area (Å²) in [6.45, 7) is 4.55. The predicted molar refractivity (Wildman–Crippen MR) is 110 cm³/mol. The monoisotopic (exact) mass is 403 g/mol. The fourth-order valence-corrected chi connectivity index (χ4v) is 4.60. The molecule has 1 aromatic carbocycles. The van der Waals surface area contributed by atoms with Crippen molar-refractivity contribution < 1.29 is 9.90 Å². The lowest BCUT2D eigenvalue weighted by molar-refractivity contribution is -0.141. The lowest BCUT2D eigenvalue weighted by Gasteiger charge is -2.24. The van der Waals surface area contributed by atoms with Crippen LogP contribution in [0.2, 0.25) is 5.15 Å². The van der Waals surface area contributed by atoms with Crippen molar-refractivity contribution in [1.82, 2.24) is 9.55 Å². The van der Waals surface area contributed by atoms with E-state index in [2.05, 4.69) is 22.4 Å². The number of hydrogen-bond acceptors (Lipinski definition) is 4. The Bertz CT molecular complexity index is 913. The first-order chi connectivity index (χ1) is 13.4. The summed E-state index contributed by atoms with van der Waals surface area (Å²) in [6.07, 6.45) is 3.67. The number of halogens is 1. The van der Waals surface area contributed by atoms with Gasteiger partial charge in [0.25, 0.3) is 5.56 Å². The Morgan fingerprint density at radius 2 is 2.11 bits per heavy atom. The minimum atomic E-state index is -1.01. The number of fused-ring (bicyclic) bond motifs is 1. The lowest BCUT2D eigenvalue weighted by Crippen LogP contribution is -2.31. The number of aromatic nitrogens is 2. The lowest BCUT2D eigenvalue weighted by atomic mass is 9.80. The van der Waals surface area contributed by atoms with Crippen LogP contribution in [0.4, 0.5) is 5.82 Å². The number of hydrogen-bond donors (Lipinski definition) is 2. The highest BCUT2D eigenvalue weighted by Gasteiger charge is 2.46. The Hall–Kier alpha value is -2.34. The fourth-order valence-electron chi connectivity index (χ4n) is 4.19. The van der Waals surface area contributed by atoms with Crippen LogP contribution in [0.25, 0.3) is 0 Å². The van der Waals surface area contributed by atoms with Gasteiger partial charge in [0.05, 0.1) is 5.69 Å². The molecule has 0 unspecified atom stereocenters. The van der Waals surface area contributed by atoms with Gasteiger partial charge in [-0.1, -0.05) is 62.2 Å². The molecule has 2 N–H and O–H groups in total. The van der Waals surface area contributed by atoms with Crippen molar-refractivity contribution in [2.75, 3.05) is 11.9 Å². The number of nitrogens with one attached hydrogen (secondary N) is 1. The molecule has 0 saturated heterocycles. The number of rotatable bonds is 8. The number of aryl methyl sites for hydroxylation is 1. The van der Waals surface area contributed by atoms with E-state index in [1.807, 2.05) is 32.0 Å². The number of aliphatic carboxylic acids is 1. The first kappa shape index (κ1) is 20.4. The molecular formula is C21H26ClN3O3. The van der Waals surface area contributed by atoms with Gasteiger partial charge in [-0.2, -0.15) is 0 Å². The molecule has 0 amide bonds. The number of benzene rings is 1. The zero-order valence-corrected chi connectivity index (χ0v) is 17.0. The second kappa shape index (κ2) is 8.35. The van der Waals surface area contributed by atoms with E-state index in [-0.39, 0.29) is 11.0 Å². The van der Waals surface area contributed by atoms with Gasteiger partial charge in [0.2, 0.25) is 0 Å². The number of carboxylic acids is 1. The van der Waals surface area contributed by atoms with E-state index in [9.17, 15) is 14.7 Å². The highest BCUT2D eigenvalue weighted by molar-refractivity contribution is 6.30. The normalized spacial score (nSPS) is 20.8. The molecule has 0 bridgehead atoms. The molecule has 0 aliphatic carbocycles. The minimum absolute atomic E-state index is 0.119. The zero-order valence-electron chi connectivity index (χ0n) is 16.2. The fraction of sp³-hybridized carbons (Fsp3) is 0.476. The molecule has 0 saturated carbocycles. The second-order valence-electron chi connectivity index (χ2n) is 7.66. The van der Waals surface area contributed by atoms with Crippen LogP contribution >= 0.6 is 11.6 Å². The molecule has 1 aliphatic rings. The van der Waals surface area contributed by atoms with Crippen molar-refractivity contribution in [1.29, 1.82) is 0 Å². The van der Waals surface area contributed by atoms with E-state index in [0.29, 0.717) is 18.7 Å². The standard InChI is InChI=1S/C21H26ClN3O3/c1-3-11-21(2)13-15(20(27)28)25-16(21)17(22)24-18(19(25)26)23-12-7-10-14-8-5-4-6-9-14/h4-6,8-9,15H,3,7,10-13H2,1-2H3,(H,23,24)(H,27,28)/t15-,21+/m0/s1. The third-order valence-electron chi connectivity index (χ3n) is 5.46. The third-order valence-corrected chi connectivity index (χ3v) is 5.72. The minimum Gasteiger partial charge on any atom is -0.480 e. The Balaban J connectivity index is 1.83. The van der Waals surface area contributed by atoms with Gasteiger partial charge in [-0.3, -0.25) is 9.36 Å². The van der Waals surface area contributed by atoms with Gasteiger partial charge in [-0.05, 0) is 31.2 Å². The maximum Gasteiger partial charge on any atom is 0.326 e. The SMILES string of the molecule is CCC[C@]1(C)C[C@@H](C(=O)O)n2c1c(Cl)nc(NCCCc1ccccc1)c2=O.